The van der Waals surface area contributed by atoms with Gasteiger partial charge in [-0.25, -0.2) is 4.39 Å². The van der Waals surface area contributed by atoms with E-state index in [1.54, 1.807) is 12.1 Å². The molecule has 0 spiro atoms. The van der Waals surface area contributed by atoms with Crippen molar-refractivity contribution in [3.8, 4) is 5.75 Å². The van der Waals surface area contributed by atoms with Gasteiger partial charge in [0.2, 0.25) is 5.91 Å². The van der Waals surface area contributed by atoms with Crippen LogP contribution < -0.4 is 10.1 Å². The normalized spacial score (nSPS) is 10.1. The van der Waals surface area contributed by atoms with Crippen molar-refractivity contribution in [2.24, 2.45) is 0 Å². The summed E-state index contributed by atoms with van der Waals surface area (Å²) in [6.45, 7) is 0.930. The SMILES string of the molecule is O=C(CCCOc1cccc(F)c1)NCCCO. The van der Waals surface area contributed by atoms with Gasteiger partial charge in [0, 0.05) is 25.6 Å². The maximum atomic E-state index is 12.8. The second kappa shape index (κ2) is 8.47. The van der Waals surface area contributed by atoms with Crippen LogP contribution in [-0.2, 0) is 4.79 Å². The number of ether oxygens (including phenoxy) is 1. The van der Waals surface area contributed by atoms with E-state index in [1.807, 2.05) is 0 Å². The van der Waals surface area contributed by atoms with E-state index in [2.05, 4.69) is 5.32 Å². The molecule has 0 aliphatic rings. The van der Waals surface area contributed by atoms with Gasteiger partial charge in [-0.05, 0) is 25.0 Å². The molecule has 0 fully saturated rings. The molecule has 0 heterocycles. The van der Waals surface area contributed by atoms with Crippen molar-refractivity contribution in [3.05, 3.63) is 30.1 Å². The van der Waals surface area contributed by atoms with Crippen LogP contribution >= 0.6 is 0 Å². The number of rotatable bonds is 8. The third-order valence-electron chi connectivity index (χ3n) is 2.27. The molecule has 1 amide bonds. The first-order chi connectivity index (χ1) is 8.72. The van der Waals surface area contributed by atoms with Gasteiger partial charge in [0.1, 0.15) is 11.6 Å². The van der Waals surface area contributed by atoms with Gasteiger partial charge in [0.25, 0.3) is 0 Å². The molecule has 4 nitrogen and oxygen atoms in total. The van der Waals surface area contributed by atoms with Crippen molar-refractivity contribution in [2.45, 2.75) is 19.3 Å². The van der Waals surface area contributed by atoms with E-state index < -0.39 is 0 Å². The standard InChI is InChI=1S/C13H18FNO3/c14-11-4-1-5-12(10-11)18-9-2-6-13(17)15-7-3-8-16/h1,4-5,10,16H,2-3,6-9H2,(H,15,17). The fraction of sp³-hybridized carbons (Fsp3) is 0.462. The van der Waals surface area contributed by atoms with E-state index in [0.29, 0.717) is 38.2 Å². The van der Waals surface area contributed by atoms with E-state index >= 15 is 0 Å². The Morgan fingerprint density at radius 3 is 2.94 bits per heavy atom. The monoisotopic (exact) mass is 255 g/mol. The summed E-state index contributed by atoms with van der Waals surface area (Å²) < 4.78 is 18.1. The molecule has 0 atom stereocenters. The summed E-state index contributed by atoms with van der Waals surface area (Å²) in [4.78, 5) is 11.3. The first-order valence-corrected chi connectivity index (χ1v) is 5.98. The third kappa shape index (κ3) is 6.20. The lowest BCUT2D eigenvalue weighted by atomic mass is 10.3. The topological polar surface area (TPSA) is 58.6 Å². The second-order valence-corrected chi connectivity index (χ2v) is 3.84. The second-order valence-electron chi connectivity index (χ2n) is 3.84. The molecule has 1 aromatic carbocycles. The number of amides is 1. The molecule has 2 N–H and O–H groups in total. The molecule has 0 saturated heterocycles. The Morgan fingerprint density at radius 1 is 1.39 bits per heavy atom. The number of hydrogen-bond acceptors (Lipinski definition) is 3. The maximum Gasteiger partial charge on any atom is 0.220 e. The maximum absolute atomic E-state index is 12.8. The van der Waals surface area contributed by atoms with E-state index in [4.69, 9.17) is 9.84 Å². The van der Waals surface area contributed by atoms with Crippen molar-refractivity contribution in [1.82, 2.24) is 5.32 Å². The molecule has 5 heteroatoms. The Labute approximate surface area is 106 Å². The fourth-order valence-electron chi connectivity index (χ4n) is 1.37. The highest BCUT2D eigenvalue weighted by Crippen LogP contribution is 2.12. The van der Waals surface area contributed by atoms with Crippen LogP contribution in [0.25, 0.3) is 0 Å². The molecule has 1 rings (SSSR count). The Bertz CT molecular complexity index is 371. The van der Waals surface area contributed by atoms with Crippen LogP contribution in [0.1, 0.15) is 19.3 Å². The van der Waals surface area contributed by atoms with Gasteiger partial charge < -0.3 is 15.2 Å². The molecule has 0 radical (unpaired) electrons. The number of carbonyl (C=O) groups is 1. The summed E-state index contributed by atoms with van der Waals surface area (Å²) in [5.41, 5.74) is 0. The highest BCUT2D eigenvalue weighted by atomic mass is 19.1. The minimum absolute atomic E-state index is 0.0636. The third-order valence-corrected chi connectivity index (χ3v) is 2.27. The number of hydrogen-bond donors (Lipinski definition) is 2. The smallest absolute Gasteiger partial charge is 0.220 e. The number of aliphatic hydroxyl groups excluding tert-OH is 1. The zero-order valence-corrected chi connectivity index (χ0v) is 10.2. The van der Waals surface area contributed by atoms with Gasteiger partial charge in [0.15, 0.2) is 0 Å². The Morgan fingerprint density at radius 2 is 2.22 bits per heavy atom. The molecular formula is C13H18FNO3. The summed E-state index contributed by atoms with van der Waals surface area (Å²) in [6.07, 6.45) is 1.49. The highest BCUT2D eigenvalue weighted by molar-refractivity contribution is 5.75. The molecule has 0 bridgehead atoms. The van der Waals surface area contributed by atoms with E-state index in [0.717, 1.165) is 0 Å². The van der Waals surface area contributed by atoms with Gasteiger partial charge in [-0.1, -0.05) is 6.07 Å². The Hall–Kier alpha value is -1.62. The zero-order chi connectivity index (χ0) is 13.2. The quantitative estimate of drug-likeness (QED) is 0.692. The minimum Gasteiger partial charge on any atom is -0.493 e. The highest BCUT2D eigenvalue weighted by Gasteiger charge is 2.01. The number of aliphatic hydroxyl groups is 1. The van der Waals surface area contributed by atoms with Crippen molar-refractivity contribution in [3.63, 3.8) is 0 Å². The predicted molar refractivity (Wildman–Crippen MR) is 65.8 cm³/mol. The molecule has 100 valence electrons. The van der Waals surface area contributed by atoms with E-state index in [9.17, 15) is 9.18 Å². The average Bonchev–Trinajstić information content (AvgIpc) is 2.35. The number of halogens is 1. The molecule has 0 saturated carbocycles. The van der Waals surface area contributed by atoms with E-state index in [1.165, 1.54) is 12.1 Å². The van der Waals surface area contributed by atoms with Crippen LogP contribution in [0.2, 0.25) is 0 Å². The van der Waals surface area contributed by atoms with Crippen LogP contribution in [0.3, 0.4) is 0 Å². The summed E-state index contributed by atoms with van der Waals surface area (Å²) in [5, 5.41) is 11.2. The molecule has 0 aliphatic heterocycles. The first-order valence-electron chi connectivity index (χ1n) is 5.98. The van der Waals surface area contributed by atoms with Gasteiger partial charge in [-0.15, -0.1) is 0 Å². The van der Waals surface area contributed by atoms with Crippen molar-refractivity contribution < 1.29 is 19.0 Å². The molecule has 1 aromatic rings. The Kier molecular flexibility index (Phi) is 6.79. The van der Waals surface area contributed by atoms with Crippen LogP contribution in [-0.4, -0.2) is 30.8 Å². The summed E-state index contributed by atoms with van der Waals surface area (Å²) in [7, 11) is 0. The van der Waals surface area contributed by atoms with Gasteiger partial charge in [-0.2, -0.15) is 0 Å². The van der Waals surface area contributed by atoms with Crippen LogP contribution in [0.5, 0.6) is 5.75 Å². The number of nitrogens with one attached hydrogen (secondary N) is 1. The molecular weight excluding hydrogens is 237 g/mol. The van der Waals surface area contributed by atoms with Gasteiger partial charge in [-0.3, -0.25) is 4.79 Å². The van der Waals surface area contributed by atoms with Gasteiger partial charge in [0.05, 0.1) is 6.61 Å². The zero-order valence-electron chi connectivity index (χ0n) is 10.2. The first kappa shape index (κ1) is 14.4. The molecule has 18 heavy (non-hydrogen) atoms. The van der Waals surface area contributed by atoms with Gasteiger partial charge >= 0.3 is 0 Å². The number of carbonyl (C=O) groups excluding carboxylic acids is 1. The molecule has 0 aliphatic carbocycles. The van der Waals surface area contributed by atoms with E-state index in [-0.39, 0.29) is 18.3 Å². The van der Waals surface area contributed by atoms with Crippen LogP contribution in [0.15, 0.2) is 24.3 Å². The predicted octanol–water partition coefficient (Wildman–Crippen LogP) is 1.48. The van der Waals surface area contributed by atoms with Crippen molar-refractivity contribution in [1.29, 1.82) is 0 Å². The molecule has 0 unspecified atom stereocenters. The van der Waals surface area contributed by atoms with Crippen molar-refractivity contribution >= 4 is 5.91 Å². The summed E-state index contributed by atoms with van der Waals surface area (Å²) >= 11 is 0. The summed E-state index contributed by atoms with van der Waals surface area (Å²) in [6, 6.07) is 5.90. The van der Waals surface area contributed by atoms with Crippen LogP contribution in [0, 0.1) is 5.82 Å². The largest absolute Gasteiger partial charge is 0.493 e. The fourth-order valence-corrected chi connectivity index (χ4v) is 1.37. The number of benzene rings is 1. The Balaban J connectivity index is 2.09. The minimum atomic E-state index is -0.339. The molecule has 0 aromatic heterocycles. The summed E-state index contributed by atoms with van der Waals surface area (Å²) in [5.74, 6) is 0.0660. The lowest BCUT2D eigenvalue weighted by molar-refractivity contribution is -0.121. The van der Waals surface area contributed by atoms with Crippen LogP contribution in [0.4, 0.5) is 4.39 Å². The van der Waals surface area contributed by atoms with Crippen molar-refractivity contribution in [2.75, 3.05) is 19.8 Å². The lowest BCUT2D eigenvalue weighted by Crippen LogP contribution is -2.25. The average molecular weight is 255 g/mol. The lowest BCUT2D eigenvalue weighted by Gasteiger charge is -2.06.